The van der Waals surface area contributed by atoms with Crippen molar-refractivity contribution in [2.24, 2.45) is 0 Å². The lowest BCUT2D eigenvalue weighted by Gasteiger charge is -2.51. The van der Waals surface area contributed by atoms with Crippen LogP contribution in [-0.4, -0.2) is 80.7 Å². The summed E-state index contributed by atoms with van der Waals surface area (Å²) in [6.45, 7) is 3.20. The molecule has 0 amide bonds. The molecule has 1 aromatic rings. The minimum Gasteiger partial charge on any atom is -0.386 e. The Morgan fingerprint density at radius 3 is 2.60 bits per heavy atom. The largest absolute Gasteiger partial charge is 0.386 e. The minimum atomic E-state index is -0.793. The van der Waals surface area contributed by atoms with Gasteiger partial charge in [0.15, 0.2) is 12.6 Å². The van der Waals surface area contributed by atoms with Crippen molar-refractivity contribution in [1.29, 1.82) is 0 Å². The van der Waals surface area contributed by atoms with Crippen LogP contribution in [0, 0.1) is 0 Å². The van der Waals surface area contributed by atoms with Gasteiger partial charge < -0.3 is 28.8 Å². The summed E-state index contributed by atoms with van der Waals surface area (Å²) in [5.41, 5.74) is 0.963. The van der Waals surface area contributed by atoms with Gasteiger partial charge in [0.1, 0.15) is 18.3 Å². The first-order chi connectivity index (χ1) is 12.3. The Morgan fingerprint density at radius 1 is 1.12 bits per heavy atom. The van der Waals surface area contributed by atoms with Gasteiger partial charge in [0.05, 0.1) is 25.9 Å². The first-order valence-corrected chi connectivity index (χ1v) is 8.78. The van der Waals surface area contributed by atoms with Crippen LogP contribution in [0.25, 0.3) is 0 Å². The van der Waals surface area contributed by atoms with Crippen LogP contribution in [-0.2, 0) is 23.7 Å². The molecule has 0 spiro atoms. The summed E-state index contributed by atoms with van der Waals surface area (Å²) in [6.07, 6.45) is -2.51. The van der Waals surface area contributed by atoms with Gasteiger partial charge in [-0.05, 0) is 0 Å². The first-order valence-electron chi connectivity index (χ1n) is 8.78. The summed E-state index contributed by atoms with van der Waals surface area (Å²) in [4.78, 5) is 2.22. The number of benzene rings is 1. The molecule has 0 aromatic heterocycles. The lowest BCUT2D eigenvalue weighted by molar-refractivity contribution is -0.351. The van der Waals surface area contributed by atoms with E-state index in [2.05, 4.69) is 4.90 Å². The number of methoxy groups -OCH3 is 1. The molecular formula is C18H25NO6. The fourth-order valence-electron chi connectivity index (χ4n) is 3.85. The maximum atomic E-state index is 10.8. The Balaban J connectivity index is 1.57. The summed E-state index contributed by atoms with van der Waals surface area (Å²) >= 11 is 0. The molecule has 0 bridgehead atoms. The second kappa shape index (κ2) is 7.67. The van der Waals surface area contributed by atoms with Crippen LogP contribution in [0.2, 0.25) is 0 Å². The summed E-state index contributed by atoms with van der Waals surface area (Å²) in [5, 5.41) is 10.8. The number of ether oxygens (including phenoxy) is 5. The van der Waals surface area contributed by atoms with Gasteiger partial charge in [-0.3, -0.25) is 4.90 Å². The molecule has 0 saturated carbocycles. The Morgan fingerprint density at radius 2 is 1.88 bits per heavy atom. The Labute approximate surface area is 147 Å². The highest BCUT2D eigenvalue weighted by Crippen LogP contribution is 2.36. The van der Waals surface area contributed by atoms with E-state index in [4.69, 9.17) is 23.7 Å². The van der Waals surface area contributed by atoms with Gasteiger partial charge in [0, 0.05) is 25.8 Å². The molecule has 3 aliphatic heterocycles. The SMILES string of the molecule is CO[C@@H]1O[C@@H]2COC(c3ccccc3)O[C@H]2[C@@H](N2CCOCC2)[C@@H]1O. The van der Waals surface area contributed by atoms with Crippen molar-refractivity contribution in [1.82, 2.24) is 4.90 Å². The maximum absolute atomic E-state index is 10.8. The quantitative estimate of drug-likeness (QED) is 0.852. The number of nitrogens with zero attached hydrogens (tertiary/aromatic N) is 1. The second-order valence-corrected chi connectivity index (χ2v) is 6.58. The highest BCUT2D eigenvalue weighted by molar-refractivity contribution is 5.17. The van der Waals surface area contributed by atoms with Crippen LogP contribution in [0.5, 0.6) is 0 Å². The summed E-state index contributed by atoms with van der Waals surface area (Å²) in [5.74, 6) is 0. The minimum absolute atomic E-state index is 0.220. The zero-order valence-corrected chi connectivity index (χ0v) is 14.3. The predicted octanol–water partition coefficient (Wildman–Crippen LogP) is 0.534. The average molecular weight is 351 g/mol. The number of fused-ring (bicyclic) bond motifs is 1. The normalized spacial score (nSPS) is 39.8. The van der Waals surface area contributed by atoms with Crippen LogP contribution in [0.15, 0.2) is 30.3 Å². The van der Waals surface area contributed by atoms with Crippen LogP contribution < -0.4 is 0 Å². The van der Waals surface area contributed by atoms with Crippen LogP contribution in [0.1, 0.15) is 11.9 Å². The van der Waals surface area contributed by atoms with Crippen molar-refractivity contribution in [3.05, 3.63) is 35.9 Å². The molecule has 3 saturated heterocycles. The number of hydrogen-bond donors (Lipinski definition) is 1. The van der Waals surface area contributed by atoms with Gasteiger partial charge in [0.25, 0.3) is 0 Å². The van der Waals surface area contributed by atoms with Gasteiger partial charge in [-0.15, -0.1) is 0 Å². The van der Waals surface area contributed by atoms with Crippen molar-refractivity contribution >= 4 is 0 Å². The molecule has 3 fully saturated rings. The number of aliphatic hydroxyl groups is 1. The maximum Gasteiger partial charge on any atom is 0.185 e. The van der Waals surface area contributed by atoms with Crippen LogP contribution in [0.3, 0.4) is 0 Å². The molecule has 1 aromatic carbocycles. The third-order valence-corrected chi connectivity index (χ3v) is 5.10. The van der Waals surface area contributed by atoms with E-state index in [1.54, 1.807) is 7.11 Å². The van der Waals surface area contributed by atoms with Crippen LogP contribution in [0.4, 0.5) is 0 Å². The van der Waals surface area contributed by atoms with Gasteiger partial charge >= 0.3 is 0 Å². The van der Waals surface area contributed by atoms with E-state index in [1.807, 2.05) is 30.3 Å². The standard InChI is InChI=1S/C18H25NO6/c1-21-18-15(20)14(19-7-9-22-10-8-19)16-13(24-18)11-23-17(25-16)12-5-3-2-4-6-12/h2-6,13-18,20H,7-11H2,1H3/t13-,14+,15+,16-,17?,18-/m1/s1. The molecule has 4 rings (SSSR count). The van der Waals surface area contributed by atoms with Crippen molar-refractivity contribution in [3.8, 4) is 0 Å². The second-order valence-electron chi connectivity index (χ2n) is 6.58. The number of aliphatic hydroxyl groups excluding tert-OH is 1. The molecule has 0 aliphatic carbocycles. The van der Waals surface area contributed by atoms with Crippen molar-refractivity contribution in [2.45, 2.75) is 36.9 Å². The summed E-state index contributed by atoms with van der Waals surface area (Å²) in [7, 11) is 1.54. The zero-order chi connectivity index (χ0) is 17.2. The van der Waals surface area contributed by atoms with E-state index in [1.165, 1.54) is 0 Å². The summed E-state index contributed by atoms with van der Waals surface area (Å²) in [6, 6.07) is 9.62. The topological polar surface area (TPSA) is 69.6 Å². The average Bonchev–Trinajstić information content (AvgIpc) is 2.68. The van der Waals surface area contributed by atoms with Crippen molar-refractivity contribution in [3.63, 3.8) is 0 Å². The molecule has 7 nitrogen and oxygen atoms in total. The van der Waals surface area contributed by atoms with Crippen molar-refractivity contribution < 1.29 is 28.8 Å². The molecule has 1 unspecified atom stereocenters. The smallest absolute Gasteiger partial charge is 0.185 e. The zero-order valence-electron chi connectivity index (χ0n) is 14.3. The number of morpholine rings is 1. The molecule has 3 heterocycles. The lowest BCUT2D eigenvalue weighted by Crippen LogP contribution is -2.68. The third kappa shape index (κ3) is 3.46. The first kappa shape index (κ1) is 17.4. The molecule has 1 N–H and O–H groups in total. The molecule has 6 atom stereocenters. The van der Waals surface area contributed by atoms with E-state index in [-0.39, 0.29) is 18.2 Å². The number of rotatable bonds is 3. The van der Waals surface area contributed by atoms with Gasteiger partial charge in [-0.2, -0.15) is 0 Å². The molecule has 0 radical (unpaired) electrons. The monoisotopic (exact) mass is 351 g/mol. The van der Waals surface area contributed by atoms with E-state index >= 15 is 0 Å². The highest BCUT2D eigenvalue weighted by atomic mass is 16.7. The molecule has 25 heavy (non-hydrogen) atoms. The fourth-order valence-corrected chi connectivity index (χ4v) is 3.85. The van der Waals surface area contributed by atoms with E-state index < -0.39 is 18.7 Å². The Hall–Kier alpha value is -1.06. The fraction of sp³-hybridized carbons (Fsp3) is 0.667. The van der Waals surface area contributed by atoms with E-state index in [0.717, 1.165) is 18.7 Å². The highest BCUT2D eigenvalue weighted by Gasteiger charge is 2.51. The van der Waals surface area contributed by atoms with E-state index in [9.17, 15) is 5.11 Å². The summed E-state index contributed by atoms with van der Waals surface area (Å²) < 4.78 is 28.8. The van der Waals surface area contributed by atoms with Crippen LogP contribution >= 0.6 is 0 Å². The van der Waals surface area contributed by atoms with E-state index in [0.29, 0.717) is 19.8 Å². The lowest BCUT2D eigenvalue weighted by atomic mass is 9.93. The van der Waals surface area contributed by atoms with Gasteiger partial charge in [-0.25, -0.2) is 0 Å². The molecule has 7 heteroatoms. The van der Waals surface area contributed by atoms with Gasteiger partial charge in [-0.1, -0.05) is 30.3 Å². The van der Waals surface area contributed by atoms with Gasteiger partial charge in [0.2, 0.25) is 0 Å². The molecule has 138 valence electrons. The molecular weight excluding hydrogens is 326 g/mol. The third-order valence-electron chi connectivity index (χ3n) is 5.10. The predicted molar refractivity (Wildman–Crippen MR) is 87.9 cm³/mol. The Bertz CT molecular complexity index is 550. The number of hydrogen-bond acceptors (Lipinski definition) is 7. The Kier molecular flexibility index (Phi) is 5.33. The molecule has 3 aliphatic rings. The van der Waals surface area contributed by atoms with Crippen molar-refractivity contribution in [2.75, 3.05) is 40.0 Å².